The van der Waals surface area contributed by atoms with Crippen LogP contribution in [-0.4, -0.2) is 17.6 Å². The van der Waals surface area contributed by atoms with E-state index in [1.165, 1.54) is 11.3 Å². The van der Waals surface area contributed by atoms with E-state index in [0.29, 0.717) is 18.2 Å². The highest BCUT2D eigenvalue weighted by Gasteiger charge is 2.12. The summed E-state index contributed by atoms with van der Waals surface area (Å²) in [6.07, 6.45) is 0. The van der Waals surface area contributed by atoms with Gasteiger partial charge in [-0.3, -0.25) is 0 Å². The van der Waals surface area contributed by atoms with E-state index in [0.717, 1.165) is 16.8 Å². The second-order valence-corrected chi connectivity index (χ2v) is 4.52. The Labute approximate surface area is 109 Å². The summed E-state index contributed by atoms with van der Waals surface area (Å²) < 4.78 is 4.91. The maximum absolute atomic E-state index is 11.5. The van der Waals surface area contributed by atoms with Gasteiger partial charge in [0.25, 0.3) is 0 Å². The lowest BCUT2D eigenvalue weighted by molar-refractivity contribution is 0.0526. The summed E-state index contributed by atoms with van der Waals surface area (Å²) in [5, 5.41) is 2.23. The fourth-order valence-corrected chi connectivity index (χ4v) is 2.22. The number of nitrogens with two attached hydrogens (primary N) is 1. The molecule has 0 radical (unpaired) electrons. The Morgan fingerprint density at radius 2 is 2.11 bits per heavy atom. The Morgan fingerprint density at radius 1 is 1.39 bits per heavy atom. The molecule has 1 aromatic heterocycles. The molecule has 0 amide bonds. The van der Waals surface area contributed by atoms with Gasteiger partial charge in [0.05, 0.1) is 12.3 Å². The first kappa shape index (κ1) is 12.7. The Hall–Kier alpha value is -1.72. The van der Waals surface area contributed by atoms with Crippen LogP contribution in [0.2, 0.25) is 0 Å². The number of nitrogens with zero attached hydrogens (tertiary/aromatic N) is 1. The molecule has 18 heavy (non-hydrogen) atoms. The van der Waals surface area contributed by atoms with Crippen LogP contribution < -0.4 is 5.73 Å². The first-order chi connectivity index (χ1) is 8.74. The number of carbonyl (C=O) groups excluding carboxylic acids is 1. The molecule has 0 saturated carbocycles. The number of aromatic nitrogens is 1. The van der Waals surface area contributed by atoms with Crippen LogP contribution in [0.4, 0.5) is 0 Å². The topological polar surface area (TPSA) is 65.2 Å². The first-order valence-corrected chi connectivity index (χ1v) is 6.54. The van der Waals surface area contributed by atoms with E-state index in [-0.39, 0.29) is 5.97 Å². The van der Waals surface area contributed by atoms with Gasteiger partial charge in [-0.05, 0) is 12.5 Å². The fourth-order valence-electron chi connectivity index (χ4n) is 1.50. The second-order valence-electron chi connectivity index (χ2n) is 3.66. The predicted molar refractivity (Wildman–Crippen MR) is 71.4 cm³/mol. The summed E-state index contributed by atoms with van der Waals surface area (Å²) >= 11 is 1.29. The molecule has 2 N–H and O–H groups in total. The Kier molecular flexibility index (Phi) is 4.07. The number of hydrogen-bond acceptors (Lipinski definition) is 5. The Morgan fingerprint density at radius 3 is 2.72 bits per heavy atom. The van der Waals surface area contributed by atoms with Crippen LogP contribution in [0.25, 0.3) is 11.3 Å². The van der Waals surface area contributed by atoms with E-state index in [9.17, 15) is 4.79 Å². The van der Waals surface area contributed by atoms with Crippen LogP contribution in [0, 0.1) is 0 Å². The third-order valence-electron chi connectivity index (χ3n) is 2.44. The van der Waals surface area contributed by atoms with Gasteiger partial charge in [-0.15, -0.1) is 11.3 Å². The summed E-state index contributed by atoms with van der Waals surface area (Å²) in [5.74, 6) is -0.368. The maximum atomic E-state index is 11.5. The third-order valence-corrected chi connectivity index (χ3v) is 3.26. The molecular weight excluding hydrogens is 248 g/mol. The molecule has 2 aromatic rings. The lowest BCUT2D eigenvalue weighted by atomic mass is 10.1. The molecule has 0 atom stereocenters. The molecule has 1 aromatic carbocycles. The monoisotopic (exact) mass is 262 g/mol. The number of esters is 1. The molecule has 0 bridgehead atoms. The van der Waals surface area contributed by atoms with E-state index in [1.54, 1.807) is 6.92 Å². The van der Waals surface area contributed by atoms with Crippen molar-refractivity contribution >= 4 is 17.3 Å². The van der Waals surface area contributed by atoms with E-state index in [2.05, 4.69) is 4.98 Å². The average molecular weight is 262 g/mol. The molecule has 2 rings (SSSR count). The van der Waals surface area contributed by atoms with Gasteiger partial charge < -0.3 is 10.5 Å². The van der Waals surface area contributed by atoms with Crippen molar-refractivity contribution in [2.24, 2.45) is 5.73 Å². The lowest BCUT2D eigenvalue weighted by Crippen LogP contribution is -2.03. The number of carbonyl (C=O) groups is 1. The zero-order valence-corrected chi connectivity index (χ0v) is 10.9. The molecule has 0 fully saturated rings. The van der Waals surface area contributed by atoms with Crippen LogP contribution in [-0.2, 0) is 11.3 Å². The van der Waals surface area contributed by atoms with Crippen molar-refractivity contribution in [2.45, 2.75) is 13.5 Å². The summed E-state index contributed by atoms with van der Waals surface area (Å²) in [7, 11) is 0. The van der Waals surface area contributed by atoms with Gasteiger partial charge in [0.1, 0.15) is 0 Å². The average Bonchev–Trinajstić information content (AvgIpc) is 2.89. The minimum absolute atomic E-state index is 0.360. The molecule has 0 aliphatic carbocycles. The highest BCUT2D eigenvalue weighted by Crippen LogP contribution is 2.22. The van der Waals surface area contributed by atoms with Gasteiger partial charge >= 0.3 is 5.97 Å². The number of thiazole rings is 1. The molecule has 0 spiro atoms. The minimum Gasteiger partial charge on any atom is -0.461 e. The van der Waals surface area contributed by atoms with E-state index < -0.39 is 0 Å². The smallest absolute Gasteiger partial charge is 0.367 e. The van der Waals surface area contributed by atoms with Gasteiger partial charge in [-0.1, -0.05) is 24.3 Å². The molecule has 94 valence electrons. The number of benzene rings is 1. The Bertz CT molecular complexity index is 534. The van der Waals surface area contributed by atoms with Crippen molar-refractivity contribution in [3.05, 3.63) is 40.2 Å². The quantitative estimate of drug-likeness (QED) is 0.859. The lowest BCUT2D eigenvalue weighted by Gasteiger charge is -1.99. The van der Waals surface area contributed by atoms with Crippen LogP contribution >= 0.6 is 11.3 Å². The van der Waals surface area contributed by atoms with Crippen LogP contribution in [0.1, 0.15) is 22.3 Å². The van der Waals surface area contributed by atoms with Crippen molar-refractivity contribution < 1.29 is 9.53 Å². The number of hydrogen-bond donors (Lipinski definition) is 1. The molecule has 1 heterocycles. The molecular formula is C13H14N2O2S. The summed E-state index contributed by atoms with van der Waals surface area (Å²) in [6, 6.07) is 7.82. The van der Waals surface area contributed by atoms with Gasteiger partial charge in [0, 0.05) is 17.5 Å². The SMILES string of the molecule is CCOC(=O)c1nc(-c2ccc(CN)cc2)cs1. The summed E-state index contributed by atoms with van der Waals surface area (Å²) in [6.45, 7) is 2.66. The van der Waals surface area contributed by atoms with Crippen LogP contribution in [0.3, 0.4) is 0 Å². The molecule has 0 aliphatic rings. The normalized spacial score (nSPS) is 10.3. The Balaban J connectivity index is 2.20. The number of ether oxygens (including phenoxy) is 1. The number of rotatable bonds is 4. The maximum Gasteiger partial charge on any atom is 0.367 e. The largest absolute Gasteiger partial charge is 0.461 e. The van der Waals surface area contributed by atoms with E-state index in [4.69, 9.17) is 10.5 Å². The summed E-state index contributed by atoms with van der Waals surface area (Å²) in [5.41, 5.74) is 8.37. The van der Waals surface area contributed by atoms with Crippen molar-refractivity contribution in [2.75, 3.05) is 6.61 Å². The molecule has 0 aliphatic heterocycles. The fraction of sp³-hybridized carbons (Fsp3) is 0.231. The third kappa shape index (κ3) is 2.75. The summed E-state index contributed by atoms with van der Waals surface area (Å²) in [4.78, 5) is 15.8. The van der Waals surface area contributed by atoms with Gasteiger partial charge in [-0.25, -0.2) is 9.78 Å². The molecule has 4 nitrogen and oxygen atoms in total. The molecule has 0 saturated heterocycles. The van der Waals surface area contributed by atoms with Gasteiger partial charge in [0.2, 0.25) is 5.01 Å². The van der Waals surface area contributed by atoms with Crippen molar-refractivity contribution in [3.63, 3.8) is 0 Å². The molecule has 0 unspecified atom stereocenters. The van der Waals surface area contributed by atoms with Crippen LogP contribution in [0.5, 0.6) is 0 Å². The minimum atomic E-state index is -0.368. The van der Waals surface area contributed by atoms with Crippen molar-refractivity contribution in [3.8, 4) is 11.3 Å². The molecule has 5 heteroatoms. The highest BCUT2D eigenvalue weighted by molar-refractivity contribution is 7.11. The van der Waals surface area contributed by atoms with Crippen molar-refractivity contribution in [1.29, 1.82) is 0 Å². The van der Waals surface area contributed by atoms with Crippen molar-refractivity contribution in [1.82, 2.24) is 4.98 Å². The highest BCUT2D eigenvalue weighted by atomic mass is 32.1. The predicted octanol–water partition coefficient (Wildman–Crippen LogP) is 2.45. The van der Waals surface area contributed by atoms with E-state index >= 15 is 0 Å². The zero-order chi connectivity index (χ0) is 13.0. The van der Waals surface area contributed by atoms with Gasteiger partial charge in [0.15, 0.2) is 0 Å². The standard InChI is InChI=1S/C13H14N2O2S/c1-2-17-13(16)12-15-11(8-18-12)10-5-3-9(7-14)4-6-10/h3-6,8H,2,7,14H2,1H3. The van der Waals surface area contributed by atoms with E-state index in [1.807, 2.05) is 29.6 Å². The zero-order valence-electron chi connectivity index (χ0n) is 10.1. The first-order valence-electron chi connectivity index (χ1n) is 5.66. The second kappa shape index (κ2) is 5.75. The van der Waals surface area contributed by atoms with Gasteiger partial charge in [-0.2, -0.15) is 0 Å². The van der Waals surface area contributed by atoms with Crippen LogP contribution in [0.15, 0.2) is 29.6 Å².